The SMILES string of the molecule is CC(C)NS(=O)(=O)c1cccc(CNC(=O)Cn2c(=O)[nH]c(=O)c3ccccc32)c1. The molecule has 0 aliphatic rings. The molecule has 0 aliphatic heterocycles. The van der Waals surface area contributed by atoms with Crippen molar-refractivity contribution in [3.63, 3.8) is 0 Å². The van der Waals surface area contributed by atoms with Crippen molar-refractivity contribution in [1.82, 2.24) is 19.6 Å². The first-order valence-electron chi connectivity index (χ1n) is 9.27. The van der Waals surface area contributed by atoms with Gasteiger partial charge in [0.15, 0.2) is 0 Å². The molecule has 0 fully saturated rings. The molecule has 1 heterocycles. The summed E-state index contributed by atoms with van der Waals surface area (Å²) in [6.07, 6.45) is 0. The first-order valence-corrected chi connectivity index (χ1v) is 10.8. The average molecular weight is 430 g/mol. The number of nitrogens with zero attached hydrogens (tertiary/aromatic N) is 1. The van der Waals surface area contributed by atoms with Crippen LogP contribution in [0.25, 0.3) is 10.9 Å². The van der Waals surface area contributed by atoms with Crippen LogP contribution in [-0.4, -0.2) is 29.9 Å². The lowest BCUT2D eigenvalue weighted by Crippen LogP contribution is -2.36. The Labute approximate surface area is 172 Å². The van der Waals surface area contributed by atoms with Crippen molar-refractivity contribution < 1.29 is 13.2 Å². The van der Waals surface area contributed by atoms with Gasteiger partial charge in [-0.05, 0) is 43.7 Å². The number of fused-ring (bicyclic) bond motifs is 1. The smallest absolute Gasteiger partial charge is 0.329 e. The fourth-order valence-electron chi connectivity index (χ4n) is 3.00. The molecule has 0 saturated heterocycles. The van der Waals surface area contributed by atoms with Crippen LogP contribution in [0.2, 0.25) is 0 Å². The number of benzene rings is 2. The van der Waals surface area contributed by atoms with Gasteiger partial charge < -0.3 is 5.32 Å². The van der Waals surface area contributed by atoms with Crippen molar-refractivity contribution in [2.24, 2.45) is 0 Å². The lowest BCUT2D eigenvalue weighted by Gasteiger charge is -2.12. The summed E-state index contributed by atoms with van der Waals surface area (Å²) >= 11 is 0. The van der Waals surface area contributed by atoms with E-state index < -0.39 is 27.2 Å². The van der Waals surface area contributed by atoms with E-state index in [0.29, 0.717) is 16.5 Å². The summed E-state index contributed by atoms with van der Waals surface area (Å²) in [6, 6.07) is 12.5. The maximum atomic E-state index is 12.4. The number of nitrogens with one attached hydrogen (secondary N) is 3. The van der Waals surface area contributed by atoms with Gasteiger partial charge in [0.05, 0.1) is 15.8 Å². The van der Waals surface area contributed by atoms with Crippen molar-refractivity contribution in [3.05, 3.63) is 74.9 Å². The van der Waals surface area contributed by atoms with E-state index in [1.165, 1.54) is 16.7 Å². The van der Waals surface area contributed by atoms with E-state index in [1.807, 2.05) is 0 Å². The van der Waals surface area contributed by atoms with Crippen LogP contribution in [0.15, 0.2) is 63.0 Å². The number of carbonyl (C=O) groups is 1. The average Bonchev–Trinajstić information content (AvgIpc) is 2.69. The van der Waals surface area contributed by atoms with E-state index in [-0.39, 0.29) is 24.0 Å². The molecule has 1 aromatic heterocycles. The summed E-state index contributed by atoms with van der Waals surface area (Å²) in [4.78, 5) is 38.8. The summed E-state index contributed by atoms with van der Waals surface area (Å²) in [6.45, 7) is 3.25. The molecule has 9 nitrogen and oxygen atoms in total. The molecule has 3 aromatic rings. The first-order chi connectivity index (χ1) is 14.2. The van der Waals surface area contributed by atoms with Gasteiger partial charge in [0.1, 0.15) is 6.54 Å². The molecular formula is C20H22N4O5S. The molecule has 3 rings (SSSR count). The van der Waals surface area contributed by atoms with Gasteiger partial charge in [0.2, 0.25) is 15.9 Å². The molecule has 30 heavy (non-hydrogen) atoms. The Kier molecular flexibility index (Phi) is 6.18. The Hall–Kier alpha value is -3.24. The van der Waals surface area contributed by atoms with Crippen LogP contribution in [0.3, 0.4) is 0 Å². The summed E-state index contributed by atoms with van der Waals surface area (Å²) in [7, 11) is -3.65. The number of H-pyrrole nitrogens is 1. The quantitative estimate of drug-likeness (QED) is 0.508. The third-order valence-electron chi connectivity index (χ3n) is 4.30. The summed E-state index contributed by atoms with van der Waals surface area (Å²) in [5.74, 6) is -0.456. The number of hydrogen-bond donors (Lipinski definition) is 3. The Morgan fingerprint density at radius 2 is 1.83 bits per heavy atom. The molecule has 0 radical (unpaired) electrons. The minimum atomic E-state index is -3.65. The predicted molar refractivity (Wildman–Crippen MR) is 113 cm³/mol. The van der Waals surface area contributed by atoms with E-state index >= 15 is 0 Å². The normalized spacial score (nSPS) is 11.7. The molecule has 0 bridgehead atoms. The van der Waals surface area contributed by atoms with Crippen LogP contribution >= 0.6 is 0 Å². The predicted octanol–water partition coefficient (Wildman–Crippen LogP) is 0.693. The zero-order valence-corrected chi connectivity index (χ0v) is 17.3. The zero-order chi connectivity index (χ0) is 21.9. The lowest BCUT2D eigenvalue weighted by atomic mass is 10.2. The van der Waals surface area contributed by atoms with Crippen molar-refractivity contribution in [3.8, 4) is 0 Å². The van der Waals surface area contributed by atoms with Crippen LogP contribution in [0, 0.1) is 0 Å². The van der Waals surface area contributed by atoms with Gasteiger partial charge in [-0.3, -0.25) is 19.1 Å². The fourth-order valence-corrected chi connectivity index (χ4v) is 4.32. The highest BCUT2D eigenvalue weighted by Gasteiger charge is 2.16. The van der Waals surface area contributed by atoms with E-state index in [4.69, 9.17) is 0 Å². The van der Waals surface area contributed by atoms with Crippen molar-refractivity contribution >= 4 is 26.8 Å². The number of rotatable bonds is 7. The summed E-state index contributed by atoms with van der Waals surface area (Å²) in [5, 5.41) is 2.97. The molecular weight excluding hydrogens is 408 g/mol. The Morgan fingerprint density at radius 3 is 2.57 bits per heavy atom. The van der Waals surface area contributed by atoms with E-state index in [2.05, 4.69) is 15.0 Å². The fraction of sp³-hybridized carbons (Fsp3) is 0.250. The maximum absolute atomic E-state index is 12.4. The number of aromatic nitrogens is 2. The second-order valence-electron chi connectivity index (χ2n) is 7.06. The largest absolute Gasteiger partial charge is 0.350 e. The van der Waals surface area contributed by atoms with Crippen molar-refractivity contribution in [2.75, 3.05) is 0 Å². The first kappa shape index (κ1) is 21.5. The topological polar surface area (TPSA) is 130 Å². The summed E-state index contributed by atoms with van der Waals surface area (Å²) in [5.41, 5.74) is -0.245. The van der Waals surface area contributed by atoms with Crippen LogP contribution in [0.5, 0.6) is 0 Å². The van der Waals surface area contributed by atoms with E-state index in [0.717, 1.165) is 0 Å². The van der Waals surface area contributed by atoms with Gasteiger partial charge >= 0.3 is 5.69 Å². The summed E-state index contributed by atoms with van der Waals surface area (Å²) < 4.78 is 28.3. The maximum Gasteiger partial charge on any atom is 0.329 e. The number of hydrogen-bond acceptors (Lipinski definition) is 5. The van der Waals surface area contributed by atoms with Crippen molar-refractivity contribution in [1.29, 1.82) is 0 Å². The van der Waals surface area contributed by atoms with Crippen LogP contribution in [0.1, 0.15) is 19.4 Å². The van der Waals surface area contributed by atoms with Gasteiger partial charge in [0.25, 0.3) is 5.56 Å². The minimum Gasteiger partial charge on any atom is -0.350 e. The minimum absolute atomic E-state index is 0.0832. The van der Waals surface area contributed by atoms with E-state index in [1.54, 1.807) is 50.2 Å². The molecule has 1 amide bonds. The number of aromatic amines is 1. The molecule has 0 atom stereocenters. The Morgan fingerprint density at radius 1 is 1.10 bits per heavy atom. The monoisotopic (exact) mass is 430 g/mol. The highest BCUT2D eigenvalue weighted by Crippen LogP contribution is 2.12. The standard InChI is InChI=1S/C20H22N4O5S/c1-13(2)23-30(28,29)15-7-5-6-14(10-15)11-21-18(25)12-24-17-9-4-3-8-16(17)19(26)22-20(24)27/h3-10,13,23H,11-12H2,1-2H3,(H,21,25)(H,22,26,27). The molecule has 158 valence electrons. The van der Waals surface area contributed by atoms with Crippen LogP contribution < -0.4 is 21.3 Å². The third kappa shape index (κ3) is 4.84. The third-order valence-corrected chi connectivity index (χ3v) is 5.95. The van der Waals surface area contributed by atoms with Gasteiger partial charge in [-0.2, -0.15) is 0 Å². The number of para-hydroxylation sites is 1. The van der Waals surface area contributed by atoms with Gasteiger partial charge in [-0.15, -0.1) is 0 Å². The molecule has 0 aliphatic carbocycles. The molecule has 0 spiro atoms. The number of sulfonamides is 1. The molecule has 0 saturated carbocycles. The zero-order valence-electron chi connectivity index (χ0n) is 16.5. The molecule has 2 aromatic carbocycles. The van der Waals surface area contributed by atoms with Gasteiger partial charge in [0, 0.05) is 12.6 Å². The van der Waals surface area contributed by atoms with Crippen molar-refractivity contribution in [2.45, 2.75) is 37.9 Å². The number of amides is 1. The highest BCUT2D eigenvalue weighted by molar-refractivity contribution is 7.89. The molecule has 3 N–H and O–H groups in total. The second-order valence-corrected chi connectivity index (χ2v) is 8.78. The van der Waals surface area contributed by atoms with Crippen LogP contribution in [0.4, 0.5) is 0 Å². The lowest BCUT2D eigenvalue weighted by molar-refractivity contribution is -0.121. The highest BCUT2D eigenvalue weighted by atomic mass is 32.2. The number of carbonyl (C=O) groups excluding carboxylic acids is 1. The Balaban J connectivity index is 1.75. The van der Waals surface area contributed by atoms with E-state index in [9.17, 15) is 22.8 Å². The molecule has 0 unspecified atom stereocenters. The van der Waals surface area contributed by atoms with Crippen LogP contribution in [-0.2, 0) is 27.9 Å². The van der Waals surface area contributed by atoms with Gasteiger partial charge in [-0.25, -0.2) is 17.9 Å². The van der Waals surface area contributed by atoms with Gasteiger partial charge in [-0.1, -0.05) is 24.3 Å². The molecule has 10 heteroatoms. The Bertz CT molecular complexity index is 1310. The second kappa shape index (κ2) is 8.64.